The second-order valence-corrected chi connectivity index (χ2v) is 3.25. The van der Waals surface area contributed by atoms with Crippen LogP contribution in [0, 0.1) is 0 Å². The normalized spacial score (nSPS) is 14.9. The summed E-state index contributed by atoms with van der Waals surface area (Å²) in [7, 11) is 0. The van der Waals surface area contributed by atoms with Crippen LogP contribution in [0.2, 0.25) is 0 Å². The van der Waals surface area contributed by atoms with E-state index in [0.717, 1.165) is 6.42 Å². The van der Waals surface area contributed by atoms with Gasteiger partial charge in [-0.1, -0.05) is 13.8 Å². The van der Waals surface area contributed by atoms with Crippen LogP contribution in [-0.4, -0.2) is 31.3 Å². The van der Waals surface area contributed by atoms with Crippen LogP contribution in [0.3, 0.4) is 0 Å². The summed E-state index contributed by atoms with van der Waals surface area (Å²) in [6.07, 6.45) is -0.320. The third kappa shape index (κ3) is 5.91. The number of hydrogen-bond acceptors (Lipinski definition) is 2. The van der Waals surface area contributed by atoms with E-state index >= 15 is 0 Å². The molecule has 0 aromatic heterocycles. The maximum Gasteiger partial charge on any atom is 0.219 e. The molecule has 0 aliphatic carbocycles. The van der Waals surface area contributed by atoms with Gasteiger partial charge in [0, 0.05) is 13.0 Å². The van der Waals surface area contributed by atoms with E-state index in [1.165, 1.54) is 0 Å². The molecule has 0 bridgehead atoms. The molecule has 1 N–H and O–H groups in total. The van der Waals surface area contributed by atoms with Crippen molar-refractivity contribution in [3.05, 3.63) is 0 Å². The molecule has 3 nitrogen and oxygen atoms in total. The molecule has 0 heterocycles. The van der Waals surface area contributed by atoms with Crippen molar-refractivity contribution in [1.29, 1.82) is 0 Å². The lowest BCUT2D eigenvalue weighted by Crippen LogP contribution is -2.36. The lowest BCUT2D eigenvalue weighted by molar-refractivity contribution is -0.121. The molecule has 4 heteroatoms. The predicted molar refractivity (Wildman–Crippen MR) is 53.9 cm³/mol. The summed E-state index contributed by atoms with van der Waals surface area (Å²) in [6, 6.07) is 0. The van der Waals surface area contributed by atoms with Crippen LogP contribution in [-0.2, 0) is 9.53 Å². The molecular weight excluding hydrogens is 185 g/mol. The second kappa shape index (κ2) is 7.74. The van der Waals surface area contributed by atoms with Crippen molar-refractivity contribution in [1.82, 2.24) is 5.32 Å². The fraction of sp³-hybridized carbons (Fsp3) is 0.900. The average Bonchev–Trinajstić information content (AvgIpc) is 2.21. The van der Waals surface area contributed by atoms with Gasteiger partial charge in [0.1, 0.15) is 6.17 Å². The van der Waals surface area contributed by atoms with Crippen molar-refractivity contribution in [3.8, 4) is 0 Å². The van der Waals surface area contributed by atoms with Crippen LogP contribution >= 0.6 is 0 Å². The van der Waals surface area contributed by atoms with Crippen LogP contribution in [0.1, 0.15) is 33.6 Å². The number of amides is 1. The summed E-state index contributed by atoms with van der Waals surface area (Å²) in [5, 5.41) is 2.50. The molecule has 0 saturated heterocycles. The van der Waals surface area contributed by atoms with E-state index in [1.54, 1.807) is 13.8 Å². The van der Waals surface area contributed by atoms with Gasteiger partial charge >= 0.3 is 0 Å². The maximum atomic E-state index is 13.3. The van der Waals surface area contributed by atoms with Crippen molar-refractivity contribution < 1.29 is 13.9 Å². The molecule has 14 heavy (non-hydrogen) atoms. The van der Waals surface area contributed by atoms with E-state index in [-0.39, 0.29) is 12.5 Å². The van der Waals surface area contributed by atoms with Gasteiger partial charge in [-0.25, -0.2) is 4.39 Å². The Labute approximate surface area is 85.0 Å². The first kappa shape index (κ1) is 13.4. The number of halogens is 1. The van der Waals surface area contributed by atoms with Gasteiger partial charge in [-0.05, 0) is 13.3 Å². The van der Waals surface area contributed by atoms with Crippen molar-refractivity contribution in [2.45, 2.75) is 45.9 Å². The number of rotatable bonds is 7. The monoisotopic (exact) mass is 205 g/mol. The van der Waals surface area contributed by atoms with Gasteiger partial charge in [0.2, 0.25) is 5.91 Å². The number of nitrogens with one attached hydrogen (secondary N) is 1. The van der Waals surface area contributed by atoms with E-state index in [9.17, 15) is 9.18 Å². The van der Waals surface area contributed by atoms with E-state index < -0.39 is 12.3 Å². The number of carbonyl (C=O) groups is 1. The van der Waals surface area contributed by atoms with E-state index in [2.05, 4.69) is 5.32 Å². The summed E-state index contributed by atoms with van der Waals surface area (Å²) < 4.78 is 18.5. The fourth-order valence-electron chi connectivity index (χ4n) is 0.910. The van der Waals surface area contributed by atoms with Gasteiger partial charge in [0.05, 0.1) is 12.6 Å². The quantitative estimate of drug-likeness (QED) is 0.686. The SMILES string of the molecule is CCCOC(C)C(F)CNC(=O)CC. The van der Waals surface area contributed by atoms with Crippen LogP contribution in [0.25, 0.3) is 0 Å². The molecule has 84 valence electrons. The van der Waals surface area contributed by atoms with Gasteiger partial charge in [-0.15, -0.1) is 0 Å². The average molecular weight is 205 g/mol. The van der Waals surface area contributed by atoms with Crippen LogP contribution < -0.4 is 5.32 Å². The lowest BCUT2D eigenvalue weighted by atomic mass is 10.2. The van der Waals surface area contributed by atoms with Crippen LogP contribution in [0.5, 0.6) is 0 Å². The molecule has 2 unspecified atom stereocenters. The number of hydrogen-bond donors (Lipinski definition) is 1. The van der Waals surface area contributed by atoms with Gasteiger partial charge in [0.25, 0.3) is 0 Å². The summed E-state index contributed by atoms with van der Waals surface area (Å²) in [5.74, 6) is -0.129. The minimum Gasteiger partial charge on any atom is -0.375 e. The van der Waals surface area contributed by atoms with Crippen LogP contribution in [0.15, 0.2) is 0 Å². The molecular formula is C10H20FNO2. The van der Waals surface area contributed by atoms with Crippen LogP contribution in [0.4, 0.5) is 4.39 Å². The molecule has 0 aromatic carbocycles. The Bertz CT molecular complexity index is 164. The van der Waals surface area contributed by atoms with Gasteiger partial charge in [0.15, 0.2) is 0 Å². The summed E-state index contributed by atoms with van der Waals surface area (Å²) in [4.78, 5) is 10.8. The summed E-state index contributed by atoms with van der Waals surface area (Å²) >= 11 is 0. The zero-order chi connectivity index (χ0) is 11.0. The van der Waals surface area contributed by atoms with Crippen molar-refractivity contribution in [2.75, 3.05) is 13.2 Å². The minimum absolute atomic E-state index is 0.0392. The van der Waals surface area contributed by atoms with E-state index in [4.69, 9.17) is 4.74 Å². The Kier molecular flexibility index (Phi) is 7.38. The van der Waals surface area contributed by atoms with Crippen molar-refractivity contribution in [3.63, 3.8) is 0 Å². The molecule has 0 aliphatic heterocycles. The Balaban J connectivity index is 3.60. The summed E-state index contributed by atoms with van der Waals surface area (Å²) in [5.41, 5.74) is 0. The number of ether oxygens (including phenoxy) is 1. The fourth-order valence-corrected chi connectivity index (χ4v) is 0.910. The minimum atomic E-state index is -1.13. The Morgan fingerprint density at radius 1 is 1.50 bits per heavy atom. The first-order chi connectivity index (χ1) is 6.61. The highest BCUT2D eigenvalue weighted by Gasteiger charge is 2.16. The van der Waals surface area contributed by atoms with Crippen molar-refractivity contribution >= 4 is 5.91 Å². The molecule has 0 radical (unpaired) electrons. The number of alkyl halides is 1. The third-order valence-corrected chi connectivity index (χ3v) is 1.91. The number of carbonyl (C=O) groups excluding carboxylic acids is 1. The Morgan fingerprint density at radius 2 is 2.14 bits per heavy atom. The molecule has 0 saturated carbocycles. The molecule has 0 fully saturated rings. The zero-order valence-corrected chi connectivity index (χ0v) is 9.18. The highest BCUT2D eigenvalue weighted by molar-refractivity contribution is 5.75. The van der Waals surface area contributed by atoms with E-state index in [0.29, 0.717) is 13.0 Å². The van der Waals surface area contributed by atoms with E-state index in [1.807, 2.05) is 6.92 Å². The highest BCUT2D eigenvalue weighted by atomic mass is 19.1. The molecule has 2 atom stereocenters. The maximum absolute atomic E-state index is 13.3. The molecule has 0 rings (SSSR count). The molecule has 0 aromatic rings. The standard InChI is InChI=1S/C10H20FNO2/c1-4-6-14-8(3)9(11)7-12-10(13)5-2/h8-9H,4-7H2,1-3H3,(H,12,13). The van der Waals surface area contributed by atoms with Gasteiger partial charge in [-0.2, -0.15) is 0 Å². The highest BCUT2D eigenvalue weighted by Crippen LogP contribution is 2.03. The first-order valence-electron chi connectivity index (χ1n) is 5.14. The predicted octanol–water partition coefficient (Wildman–Crippen LogP) is 1.67. The van der Waals surface area contributed by atoms with Gasteiger partial charge in [-0.3, -0.25) is 4.79 Å². The smallest absolute Gasteiger partial charge is 0.219 e. The van der Waals surface area contributed by atoms with Gasteiger partial charge < -0.3 is 10.1 Å². The first-order valence-corrected chi connectivity index (χ1v) is 5.14. The zero-order valence-electron chi connectivity index (χ0n) is 9.18. The Morgan fingerprint density at radius 3 is 2.64 bits per heavy atom. The summed E-state index contributed by atoms with van der Waals surface area (Å²) in [6.45, 7) is 5.98. The molecule has 1 amide bonds. The topological polar surface area (TPSA) is 38.3 Å². The lowest BCUT2D eigenvalue weighted by Gasteiger charge is -2.17. The molecule has 0 aliphatic rings. The Hall–Kier alpha value is -0.640. The molecule has 0 spiro atoms. The second-order valence-electron chi connectivity index (χ2n) is 3.25. The largest absolute Gasteiger partial charge is 0.375 e. The third-order valence-electron chi connectivity index (χ3n) is 1.91. The van der Waals surface area contributed by atoms with Crippen molar-refractivity contribution in [2.24, 2.45) is 0 Å².